The summed E-state index contributed by atoms with van der Waals surface area (Å²) in [5, 5.41) is 0. The zero-order valence-electron chi connectivity index (χ0n) is 16.5. The molecule has 0 unspecified atom stereocenters. The molecule has 0 aromatic heterocycles. The van der Waals surface area contributed by atoms with Gasteiger partial charge in [-0.25, -0.2) is 0 Å². The van der Waals surface area contributed by atoms with Crippen molar-refractivity contribution >= 4 is 5.78 Å². The number of carbonyl (C=O) groups is 1. The monoisotopic (exact) mass is 331 g/mol. The molecule has 2 nitrogen and oxygen atoms in total. The fourth-order valence-corrected chi connectivity index (χ4v) is 2.34. The van der Waals surface area contributed by atoms with Crippen LogP contribution >= 0.6 is 0 Å². The van der Waals surface area contributed by atoms with Crippen molar-refractivity contribution in [3.8, 4) is 0 Å². The van der Waals surface area contributed by atoms with Crippen molar-refractivity contribution in [3.63, 3.8) is 0 Å². The first kappa shape index (κ1) is 22.6. The van der Waals surface area contributed by atoms with Crippen LogP contribution in [0.25, 0.3) is 0 Å². The van der Waals surface area contributed by atoms with Crippen LogP contribution in [0.15, 0.2) is 47.6 Å². The minimum atomic E-state index is 0.376. The lowest BCUT2D eigenvalue weighted by Gasteiger charge is -2.11. The van der Waals surface area contributed by atoms with Gasteiger partial charge in [0.25, 0.3) is 0 Å². The first-order chi connectivity index (χ1) is 11.3. The highest BCUT2D eigenvalue weighted by atomic mass is 16.1. The first-order valence-electron chi connectivity index (χ1n) is 9.11. The van der Waals surface area contributed by atoms with E-state index in [9.17, 15) is 4.79 Å². The van der Waals surface area contributed by atoms with Gasteiger partial charge in [0, 0.05) is 25.9 Å². The van der Waals surface area contributed by atoms with Crippen molar-refractivity contribution in [2.24, 2.45) is 0 Å². The summed E-state index contributed by atoms with van der Waals surface area (Å²) in [6.07, 6.45) is 13.9. The minimum absolute atomic E-state index is 0.376. The SMILES string of the molecule is C=CCN(C)C/C=C(\C)CC/C=C(\C)CCC(=O)CCC=C(C)C. The Morgan fingerprint density at radius 1 is 0.833 bits per heavy atom. The van der Waals surface area contributed by atoms with Gasteiger partial charge in [-0.15, -0.1) is 6.58 Å². The lowest BCUT2D eigenvalue weighted by Crippen LogP contribution is -2.18. The van der Waals surface area contributed by atoms with E-state index in [2.05, 4.69) is 64.4 Å². The number of nitrogens with zero attached hydrogens (tertiary/aromatic N) is 1. The molecule has 24 heavy (non-hydrogen) atoms. The fraction of sp³-hybridized carbons (Fsp3) is 0.591. The zero-order chi connectivity index (χ0) is 18.4. The van der Waals surface area contributed by atoms with Gasteiger partial charge in [0.05, 0.1) is 0 Å². The zero-order valence-corrected chi connectivity index (χ0v) is 16.5. The maximum atomic E-state index is 11.8. The van der Waals surface area contributed by atoms with Crippen LogP contribution in [0.3, 0.4) is 0 Å². The highest BCUT2D eigenvalue weighted by Crippen LogP contribution is 2.12. The summed E-state index contributed by atoms with van der Waals surface area (Å²) in [6, 6.07) is 0. The normalized spacial score (nSPS) is 12.4. The van der Waals surface area contributed by atoms with Gasteiger partial charge in [0.1, 0.15) is 5.78 Å². The highest BCUT2D eigenvalue weighted by molar-refractivity contribution is 5.78. The van der Waals surface area contributed by atoms with E-state index in [0.29, 0.717) is 18.6 Å². The molecule has 0 saturated carbocycles. The van der Waals surface area contributed by atoms with Gasteiger partial charge in [0.2, 0.25) is 0 Å². The molecule has 136 valence electrons. The number of hydrogen-bond donors (Lipinski definition) is 0. The van der Waals surface area contributed by atoms with Crippen LogP contribution < -0.4 is 0 Å². The Balaban J connectivity index is 3.97. The van der Waals surface area contributed by atoms with Crippen LogP contribution in [0.5, 0.6) is 0 Å². The third kappa shape index (κ3) is 14.2. The third-order valence-electron chi connectivity index (χ3n) is 4.00. The van der Waals surface area contributed by atoms with E-state index in [-0.39, 0.29) is 0 Å². The Bertz CT molecular complexity index is 464. The molecule has 0 heterocycles. The molecule has 0 aromatic carbocycles. The quantitative estimate of drug-likeness (QED) is 0.393. The standard InChI is InChI=1S/C22H37NO/c1-7-17-23(6)18-16-21(5)12-9-11-20(4)14-15-22(24)13-8-10-19(2)3/h7,10-11,16H,1,8-9,12-15,17-18H2,2-6H3/b20-11+,21-16+. The molecule has 0 aliphatic heterocycles. The van der Waals surface area contributed by atoms with Crippen LogP contribution in [0.4, 0.5) is 0 Å². The second-order valence-electron chi connectivity index (χ2n) is 7.01. The molecule has 0 aliphatic carbocycles. The predicted molar refractivity (Wildman–Crippen MR) is 107 cm³/mol. The van der Waals surface area contributed by atoms with Crippen LogP contribution in [-0.4, -0.2) is 30.8 Å². The Morgan fingerprint density at radius 3 is 2.08 bits per heavy atom. The molecule has 0 bridgehead atoms. The van der Waals surface area contributed by atoms with Crippen molar-refractivity contribution in [2.75, 3.05) is 20.1 Å². The molecule has 2 heteroatoms. The molecule has 0 atom stereocenters. The molecule has 0 aromatic rings. The van der Waals surface area contributed by atoms with E-state index < -0.39 is 0 Å². The van der Waals surface area contributed by atoms with Crippen molar-refractivity contribution in [1.82, 2.24) is 4.90 Å². The number of allylic oxidation sites excluding steroid dienone is 5. The summed E-state index contributed by atoms with van der Waals surface area (Å²) >= 11 is 0. The average molecular weight is 332 g/mol. The predicted octanol–water partition coefficient (Wildman–Crippen LogP) is 5.87. The number of carbonyl (C=O) groups excluding carboxylic acids is 1. The summed E-state index contributed by atoms with van der Waals surface area (Å²) in [6.45, 7) is 14.1. The Labute approximate surface area is 150 Å². The van der Waals surface area contributed by atoms with E-state index in [1.54, 1.807) is 0 Å². The van der Waals surface area contributed by atoms with Gasteiger partial charge in [0.15, 0.2) is 0 Å². The maximum Gasteiger partial charge on any atom is 0.133 e. The number of likely N-dealkylation sites (N-methyl/N-ethyl adjacent to an activating group) is 1. The van der Waals surface area contributed by atoms with Crippen LogP contribution in [-0.2, 0) is 4.79 Å². The Morgan fingerprint density at radius 2 is 1.46 bits per heavy atom. The Hall–Kier alpha value is -1.41. The molecule has 0 radical (unpaired) electrons. The van der Waals surface area contributed by atoms with Gasteiger partial charge in [-0.3, -0.25) is 9.69 Å². The van der Waals surface area contributed by atoms with Crippen molar-refractivity contribution in [1.29, 1.82) is 0 Å². The number of ketones is 1. The molecule has 0 rings (SSSR count). The summed E-state index contributed by atoms with van der Waals surface area (Å²) in [5.74, 6) is 0.376. The minimum Gasteiger partial charge on any atom is -0.300 e. The molecule has 0 amide bonds. The van der Waals surface area contributed by atoms with Gasteiger partial charge in [-0.1, -0.05) is 41.0 Å². The van der Waals surface area contributed by atoms with Crippen LogP contribution in [0, 0.1) is 0 Å². The smallest absolute Gasteiger partial charge is 0.133 e. The van der Waals surface area contributed by atoms with Crippen LogP contribution in [0.2, 0.25) is 0 Å². The summed E-state index contributed by atoms with van der Waals surface area (Å²) in [5.41, 5.74) is 4.05. The molecule has 0 aliphatic rings. The fourth-order valence-electron chi connectivity index (χ4n) is 2.34. The average Bonchev–Trinajstić information content (AvgIpc) is 2.51. The van der Waals surface area contributed by atoms with Gasteiger partial charge in [-0.2, -0.15) is 0 Å². The van der Waals surface area contributed by atoms with Crippen molar-refractivity contribution < 1.29 is 4.79 Å². The summed E-state index contributed by atoms with van der Waals surface area (Å²) in [4.78, 5) is 14.1. The van der Waals surface area contributed by atoms with Gasteiger partial charge < -0.3 is 0 Å². The molecule has 0 N–H and O–H groups in total. The van der Waals surface area contributed by atoms with E-state index in [1.807, 2.05) is 6.08 Å². The lowest BCUT2D eigenvalue weighted by atomic mass is 10.0. The Kier molecular flexibility index (Phi) is 13.2. The van der Waals surface area contributed by atoms with Gasteiger partial charge in [-0.05, 0) is 60.4 Å². The number of rotatable bonds is 13. The second-order valence-corrected chi connectivity index (χ2v) is 7.01. The molecular weight excluding hydrogens is 294 g/mol. The number of Topliss-reactive ketones (excluding diaryl/α,β-unsaturated/α-hetero) is 1. The number of hydrogen-bond acceptors (Lipinski definition) is 2. The lowest BCUT2D eigenvalue weighted by molar-refractivity contribution is -0.118. The van der Waals surface area contributed by atoms with E-state index in [1.165, 1.54) is 16.7 Å². The first-order valence-corrected chi connectivity index (χ1v) is 9.11. The van der Waals surface area contributed by atoms with E-state index in [4.69, 9.17) is 0 Å². The largest absolute Gasteiger partial charge is 0.300 e. The maximum absolute atomic E-state index is 11.8. The van der Waals surface area contributed by atoms with E-state index >= 15 is 0 Å². The summed E-state index contributed by atoms with van der Waals surface area (Å²) < 4.78 is 0. The topological polar surface area (TPSA) is 20.3 Å². The molecule has 0 saturated heterocycles. The van der Waals surface area contributed by atoms with Gasteiger partial charge >= 0.3 is 0 Å². The van der Waals surface area contributed by atoms with Crippen molar-refractivity contribution in [2.45, 2.75) is 66.2 Å². The molecular formula is C22H37NO. The highest BCUT2D eigenvalue weighted by Gasteiger charge is 2.01. The second kappa shape index (κ2) is 14.0. The third-order valence-corrected chi connectivity index (χ3v) is 4.00. The molecule has 0 fully saturated rings. The summed E-state index contributed by atoms with van der Waals surface area (Å²) in [7, 11) is 2.10. The van der Waals surface area contributed by atoms with E-state index in [0.717, 1.165) is 38.8 Å². The van der Waals surface area contributed by atoms with Crippen molar-refractivity contribution in [3.05, 3.63) is 47.6 Å². The molecule has 0 spiro atoms. The van der Waals surface area contributed by atoms with Crippen LogP contribution in [0.1, 0.15) is 66.2 Å².